The number of carboxylic acids is 1. The van der Waals surface area contributed by atoms with E-state index >= 15 is 0 Å². The molecule has 0 spiro atoms. The third kappa shape index (κ3) is 7.82. The Morgan fingerprint density at radius 1 is 0.914 bits per heavy atom. The molecule has 8 heteroatoms. The fraction of sp³-hybridized carbons (Fsp3) is 0.444. The maximum Gasteiger partial charge on any atom is 0.407 e. The summed E-state index contributed by atoms with van der Waals surface area (Å²) in [6.07, 6.45) is 1.26. The van der Waals surface area contributed by atoms with E-state index in [0.717, 1.165) is 0 Å². The Kier molecular flexibility index (Phi) is 9.25. The van der Waals surface area contributed by atoms with E-state index in [1.54, 1.807) is 0 Å². The zero-order valence-electron chi connectivity index (χ0n) is 20.3. The summed E-state index contributed by atoms with van der Waals surface area (Å²) >= 11 is 0. The molecule has 1 aliphatic carbocycles. The van der Waals surface area contributed by atoms with Crippen LogP contribution >= 0.6 is 0 Å². The fourth-order valence-electron chi connectivity index (χ4n) is 4.24. The largest absolute Gasteiger partial charge is 0.480 e. The van der Waals surface area contributed by atoms with Crippen molar-refractivity contribution in [2.24, 2.45) is 5.41 Å². The molecular formula is C27H34N2O6. The van der Waals surface area contributed by atoms with E-state index in [9.17, 15) is 14.4 Å². The summed E-state index contributed by atoms with van der Waals surface area (Å²) in [6.45, 7) is 4.89. The number of carboxylic acid groups (broad SMARTS) is 1. The van der Waals surface area contributed by atoms with Gasteiger partial charge in [-0.05, 0) is 40.5 Å². The summed E-state index contributed by atoms with van der Waals surface area (Å²) in [5, 5.41) is 14.0. The molecule has 0 bridgehead atoms. The Morgan fingerprint density at radius 3 is 2.17 bits per heavy atom. The van der Waals surface area contributed by atoms with Crippen molar-refractivity contribution in [3.63, 3.8) is 0 Å². The quantitative estimate of drug-likeness (QED) is 0.373. The van der Waals surface area contributed by atoms with E-state index in [1.165, 1.54) is 22.3 Å². The molecule has 1 aliphatic rings. The average molecular weight is 483 g/mol. The maximum atomic E-state index is 12.3. The average Bonchev–Trinajstić information content (AvgIpc) is 3.15. The van der Waals surface area contributed by atoms with Crippen LogP contribution in [0, 0.1) is 5.41 Å². The molecule has 0 atom stereocenters. The van der Waals surface area contributed by atoms with Crippen LogP contribution in [0.3, 0.4) is 0 Å². The van der Waals surface area contributed by atoms with Crippen molar-refractivity contribution in [3.8, 4) is 11.1 Å². The van der Waals surface area contributed by atoms with Gasteiger partial charge < -0.3 is 25.2 Å². The minimum atomic E-state index is -1.04. The molecular weight excluding hydrogens is 448 g/mol. The third-order valence-corrected chi connectivity index (χ3v) is 6.24. The molecule has 188 valence electrons. The highest BCUT2D eigenvalue weighted by Gasteiger charge is 2.29. The Balaban J connectivity index is 1.35. The third-order valence-electron chi connectivity index (χ3n) is 6.24. The second-order valence-electron chi connectivity index (χ2n) is 9.46. The molecule has 0 heterocycles. The first-order valence-electron chi connectivity index (χ1n) is 11.9. The topological polar surface area (TPSA) is 114 Å². The number of aliphatic carboxylic acids is 1. The van der Waals surface area contributed by atoms with Gasteiger partial charge in [-0.25, -0.2) is 9.59 Å². The summed E-state index contributed by atoms with van der Waals surface area (Å²) in [7, 11) is 0. The number of fused-ring (bicyclic) bond motifs is 3. The maximum absolute atomic E-state index is 12.3. The second-order valence-corrected chi connectivity index (χ2v) is 9.46. The first-order valence-corrected chi connectivity index (χ1v) is 11.9. The van der Waals surface area contributed by atoms with Crippen LogP contribution in [0.2, 0.25) is 0 Å². The number of amides is 2. The normalized spacial score (nSPS) is 12.5. The van der Waals surface area contributed by atoms with Gasteiger partial charge in [0.05, 0.1) is 6.61 Å². The van der Waals surface area contributed by atoms with E-state index in [4.69, 9.17) is 14.6 Å². The predicted octanol–water partition coefficient (Wildman–Crippen LogP) is 3.94. The molecule has 3 N–H and O–H groups in total. The van der Waals surface area contributed by atoms with Crippen LogP contribution in [0.15, 0.2) is 48.5 Å². The molecule has 0 radical (unpaired) electrons. The molecule has 0 aliphatic heterocycles. The Bertz CT molecular complexity index is 990. The molecule has 2 aromatic rings. The van der Waals surface area contributed by atoms with Crippen LogP contribution in [0.4, 0.5) is 4.79 Å². The number of rotatable bonds is 13. The van der Waals surface area contributed by atoms with Crippen molar-refractivity contribution < 1.29 is 29.0 Å². The summed E-state index contributed by atoms with van der Waals surface area (Å²) in [6, 6.07) is 16.4. The van der Waals surface area contributed by atoms with Crippen LogP contribution in [0.1, 0.15) is 50.2 Å². The van der Waals surface area contributed by atoms with E-state index in [1.807, 2.05) is 24.3 Å². The lowest BCUT2D eigenvalue weighted by atomic mass is 9.84. The highest BCUT2D eigenvalue weighted by Crippen LogP contribution is 2.44. The van der Waals surface area contributed by atoms with Gasteiger partial charge in [0.25, 0.3) is 0 Å². The molecule has 0 saturated carbocycles. The van der Waals surface area contributed by atoms with Crippen LogP contribution in [0.25, 0.3) is 11.1 Å². The minimum absolute atomic E-state index is 0.0256. The lowest BCUT2D eigenvalue weighted by Crippen LogP contribution is -2.31. The summed E-state index contributed by atoms with van der Waals surface area (Å²) in [4.78, 5) is 34.7. The van der Waals surface area contributed by atoms with Crippen molar-refractivity contribution in [3.05, 3.63) is 59.7 Å². The lowest BCUT2D eigenvalue weighted by molar-refractivity contribution is -0.142. The summed E-state index contributed by atoms with van der Waals surface area (Å²) < 4.78 is 10.5. The van der Waals surface area contributed by atoms with Crippen molar-refractivity contribution in [1.82, 2.24) is 10.6 Å². The Hall–Kier alpha value is -3.39. The molecule has 0 saturated heterocycles. The van der Waals surface area contributed by atoms with E-state index in [2.05, 4.69) is 48.7 Å². The molecule has 0 aromatic heterocycles. The van der Waals surface area contributed by atoms with Crippen LogP contribution in [-0.4, -0.2) is 56.0 Å². The van der Waals surface area contributed by atoms with Crippen molar-refractivity contribution in [2.45, 2.75) is 39.0 Å². The van der Waals surface area contributed by atoms with Crippen LogP contribution in [0.5, 0.6) is 0 Å². The molecule has 3 rings (SSSR count). The molecule has 2 aromatic carbocycles. The highest BCUT2D eigenvalue weighted by atomic mass is 16.5. The van der Waals surface area contributed by atoms with Gasteiger partial charge in [0.1, 0.15) is 13.2 Å². The molecule has 2 amide bonds. The molecule has 0 unspecified atom stereocenters. The van der Waals surface area contributed by atoms with E-state index in [0.29, 0.717) is 25.8 Å². The van der Waals surface area contributed by atoms with Gasteiger partial charge in [-0.15, -0.1) is 0 Å². The van der Waals surface area contributed by atoms with Gasteiger partial charge in [0.2, 0.25) is 5.91 Å². The smallest absolute Gasteiger partial charge is 0.407 e. The van der Waals surface area contributed by atoms with Crippen molar-refractivity contribution in [2.75, 3.05) is 32.9 Å². The fourth-order valence-corrected chi connectivity index (χ4v) is 4.24. The van der Waals surface area contributed by atoms with E-state index in [-0.39, 0.29) is 43.6 Å². The number of ether oxygens (including phenoxy) is 2. The summed E-state index contributed by atoms with van der Waals surface area (Å²) in [5.74, 6) is -1.12. The number of nitrogens with one attached hydrogen (secondary N) is 2. The highest BCUT2D eigenvalue weighted by molar-refractivity contribution is 5.79. The number of carbonyl (C=O) groups is 3. The molecule has 8 nitrogen and oxygen atoms in total. The van der Waals surface area contributed by atoms with Crippen molar-refractivity contribution >= 4 is 18.0 Å². The number of benzene rings is 2. The van der Waals surface area contributed by atoms with Gasteiger partial charge in [-0.2, -0.15) is 0 Å². The zero-order chi connectivity index (χ0) is 25.3. The van der Waals surface area contributed by atoms with E-state index < -0.39 is 12.1 Å². The van der Waals surface area contributed by atoms with Gasteiger partial charge in [0, 0.05) is 25.4 Å². The van der Waals surface area contributed by atoms with Gasteiger partial charge in [-0.3, -0.25) is 4.79 Å². The van der Waals surface area contributed by atoms with Crippen molar-refractivity contribution in [1.29, 1.82) is 0 Å². The Labute approximate surface area is 206 Å². The van der Waals surface area contributed by atoms with Gasteiger partial charge >= 0.3 is 12.1 Å². The summed E-state index contributed by atoms with van der Waals surface area (Å²) in [5.41, 5.74) is 4.59. The van der Waals surface area contributed by atoms with Gasteiger partial charge in [0.15, 0.2) is 0 Å². The Morgan fingerprint density at radius 2 is 1.54 bits per heavy atom. The predicted molar refractivity (Wildman–Crippen MR) is 132 cm³/mol. The van der Waals surface area contributed by atoms with Crippen LogP contribution < -0.4 is 10.6 Å². The lowest BCUT2D eigenvalue weighted by Gasteiger charge is -2.24. The number of carbonyl (C=O) groups excluding carboxylic acids is 2. The molecule has 0 fully saturated rings. The molecule has 35 heavy (non-hydrogen) atoms. The standard InChI is InChI=1S/C27H34N2O6/c1-27(2,12-11-24(30)28-15-16-34-18-25(31)32)13-14-29-26(33)35-17-23-21-9-5-3-7-19(21)20-8-4-6-10-22(20)23/h3-10,23H,11-18H2,1-2H3,(H,28,30)(H,29,33)(H,31,32). The zero-order valence-corrected chi connectivity index (χ0v) is 20.3. The first kappa shape index (κ1) is 26.2. The number of hydrogen-bond donors (Lipinski definition) is 3. The minimum Gasteiger partial charge on any atom is -0.480 e. The van der Waals surface area contributed by atoms with Crippen LogP contribution in [-0.2, 0) is 19.1 Å². The second kappa shape index (κ2) is 12.4. The SMILES string of the molecule is CC(C)(CCNC(=O)OCC1c2ccccc2-c2ccccc21)CCC(=O)NCCOCC(=O)O. The van der Waals surface area contributed by atoms with Gasteiger partial charge in [-0.1, -0.05) is 62.4 Å². The monoisotopic (exact) mass is 482 g/mol. The first-order chi connectivity index (χ1) is 16.8. The number of hydrogen-bond acceptors (Lipinski definition) is 5. The number of alkyl carbamates (subject to hydrolysis) is 1.